The summed E-state index contributed by atoms with van der Waals surface area (Å²) in [5.41, 5.74) is 6.36. The first-order valence-corrected chi connectivity index (χ1v) is 17.3. The van der Waals surface area contributed by atoms with Gasteiger partial charge in [0.25, 0.3) is 0 Å². The molecule has 5 rings (SSSR count). The van der Waals surface area contributed by atoms with Crippen molar-refractivity contribution in [3.63, 3.8) is 0 Å². The number of nitrogens with two attached hydrogens (primary N) is 1. The molecule has 0 radical (unpaired) electrons. The molecule has 0 saturated carbocycles. The molecule has 46 heavy (non-hydrogen) atoms. The van der Waals surface area contributed by atoms with E-state index in [1.54, 1.807) is 6.07 Å². The number of nitrogens with zero attached hydrogens (tertiary/aromatic N) is 1. The van der Waals surface area contributed by atoms with Gasteiger partial charge in [0.05, 0.1) is 42.8 Å². The molecule has 13 nitrogen and oxygen atoms in total. The molecule has 5 atom stereocenters. The average molecular weight is 664 g/mol. The second-order valence-electron chi connectivity index (χ2n) is 12.2. The molecule has 2 fully saturated rings. The molecular weight excluding hydrogens is 618 g/mol. The summed E-state index contributed by atoms with van der Waals surface area (Å²) in [5.74, 6) is 1.39. The van der Waals surface area contributed by atoms with Crippen LogP contribution in [0.15, 0.2) is 47.4 Å². The van der Waals surface area contributed by atoms with E-state index in [0.29, 0.717) is 37.0 Å². The summed E-state index contributed by atoms with van der Waals surface area (Å²) >= 11 is 0. The Balaban J connectivity index is 1.32. The molecule has 0 aliphatic carbocycles. The molecule has 3 aliphatic rings. The highest BCUT2D eigenvalue weighted by Crippen LogP contribution is 2.35. The minimum absolute atomic E-state index is 0.0134. The lowest BCUT2D eigenvalue weighted by atomic mass is 10.0. The molecule has 0 aromatic heterocycles. The minimum atomic E-state index is -4.06. The molecule has 254 valence electrons. The van der Waals surface area contributed by atoms with Crippen LogP contribution in [0, 0.1) is 11.8 Å². The van der Waals surface area contributed by atoms with Gasteiger partial charge in [-0.15, -0.1) is 0 Å². The van der Waals surface area contributed by atoms with E-state index in [2.05, 4.69) is 5.32 Å². The number of carbonyl (C=O) groups is 1. The van der Waals surface area contributed by atoms with Crippen LogP contribution >= 0.6 is 0 Å². The van der Waals surface area contributed by atoms with E-state index in [1.165, 1.54) is 16.4 Å². The first-order valence-electron chi connectivity index (χ1n) is 15.8. The van der Waals surface area contributed by atoms with Crippen LogP contribution in [-0.4, -0.2) is 94.7 Å². The fourth-order valence-corrected chi connectivity index (χ4v) is 7.40. The van der Waals surface area contributed by atoms with E-state index in [1.807, 2.05) is 38.1 Å². The highest BCUT2D eigenvalue weighted by atomic mass is 32.2. The molecule has 2 aromatic carbocycles. The summed E-state index contributed by atoms with van der Waals surface area (Å²) in [5, 5.41) is 14.4. The lowest BCUT2D eigenvalue weighted by Gasteiger charge is -2.31. The summed E-state index contributed by atoms with van der Waals surface area (Å²) in [4.78, 5) is 13.2. The Morgan fingerprint density at radius 2 is 1.87 bits per heavy atom. The molecule has 0 bridgehead atoms. The number of hydrogen-bond donors (Lipinski definition) is 3. The highest BCUT2D eigenvalue weighted by molar-refractivity contribution is 7.89. The van der Waals surface area contributed by atoms with Crippen molar-refractivity contribution in [2.75, 3.05) is 46.2 Å². The third kappa shape index (κ3) is 8.60. The molecule has 4 N–H and O–H groups in total. The molecule has 2 aromatic rings. The van der Waals surface area contributed by atoms with Crippen LogP contribution in [0.5, 0.6) is 17.2 Å². The van der Waals surface area contributed by atoms with Crippen molar-refractivity contribution in [3.05, 3.63) is 48.0 Å². The van der Waals surface area contributed by atoms with Gasteiger partial charge < -0.3 is 44.6 Å². The summed E-state index contributed by atoms with van der Waals surface area (Å²) < 4.78 is 62.3. The van der Waals surface area contributed by atoms with Gasteiger partial charge in [0, 0.05) is 19.2 Å². The number of aliphatic hydroxyl groups excluding tert-OH is 1. The van der Waals surface area contributed by atoms with Crippen LogP contribution in [0.2, 0.25) is 0 Å². The van der Waals surface area contributed by atoms with Gasteiger partial charge in [0.2, 0.25) is 16.8 Å². The van der Waals surface area contributed by atoms with Gasteiger partial charge in [0.1, 0.15) is 11.9 Å². The molecular formula is C32H45N3O10S. The third-order valence-electron chi connectivity index (χ3n) is 8.20. The van der Waals surface area contributed by atoms with E-state index < -0.39 is 34.4 Å². The number of aliphatic hydroxyl groups is 1. The largest absolute Gasteiger partial charge is 0.494 e. The Hall–Kier alpha value is -3.14. The van der Waals surface area contributed by atoms with Gasteiger partial charge in [-0.3, -0.25) is 0 Å². The number of sulfonamides is 1. The zero-order chi connectivity index (χ0) is 32.7. The Kier molecular flexibility index (Phi) is 11.6. The maximum Gasteiger partial charge on any atom is 0.407 e. The number of amides is 1. The molecule has 0 spiro atoms. The number of carbonyl (C=O) groups excluding carboxylic acids is 1. The van der Waals surface area contributed by atoms with E-state index in [-0.39, 0.29) is 55.9 Å². The van der Waals surface area contributed by atoms with Gasteiger partial charge in [-0.2, -0.15) is 4.31 Å². The molecule has 2 saturated heterocycles. The highest BCUT2D eigenvalue weighted by Gasteiger charge is 2.44. The average Bonchev–Trinajstić information content (AvgIpc) is 3.78. The van der Waals surface area contributed by atoms with Gasteiger partial charge in [-0.1, -0.05) is 26.0 Å². The number of ether oxygens (including phenoxy) is 6. The lowest BCUT2D eigenvalue weighted by molar-refractivity contribution is -0.0907. The monoisotopic (exact) mass is 663 g/mol. The topological polar surface area (TPSA) is 168 Å². The van der Waals surface area contributed by atoms with E-state index in [4.69, 9.17) is 34.2 Å². The standard InChI is InChI=1S/C32H45N3O10S/c1-21(2)17-35(46(38,39)24-9-10-28-29(16-24)44-20-43-28)18-27(36)26(15-22-5-7-23(8-6-22)40-13-4-3-12-33)34-32(37)45-30-19-42-31-25(30)11-14-41-31/h5-10,16,21,25-27,30-31,36H,3-4,11-15,17-20,33H2,1-2H3,(H,34,37)/t25-,26-,27+,30+,31+/m0/s1. The fraction of sp³-hybridized carbons (Fsp3) is 0.594. The summed E-state index contributed by atoms with van der Waals surface area (Å²) in [7, 11) is -4.06. The summed E-state index contributed by atoms with van der Waals surface area (Å²) in [6.45, 7) is 5.59. The number of nitrogens with one attached hydrogen (secondary N) is 1. The van der Waals surface area contributed by atoms with Gasteiger partial charge in [-0.25, -0.2) is 13.2 Å². The van der Waals surface area contributed by atoms with Crippen molar-refractivity contribution in [2.24, 2.45) is 17.6 Å². The van der Waals surface area contributed by atoms with Crippen LogP contribution in [0.4, 0.5) is 4.79 Å². The van der Waals surface area contributed by atoms with Crippen molar-refractivity contribution in [3.8, 4) is 17.2 Å². The van der Waals surface area contributed by atoms with Crippen LogP contribution < -0.4 is 25.3 Å². The number of fused-ring (bicyclic) bond motifs is 2. The summed E-state index contributed by atoms with van der Waals surface area (Å²) in [6.07, 6.45) is -0.231. The Morgan fingerprint density at radius 3 is 2.63 bits per heavy atom. The van der Waals surface area contributed by atoms with Gasteiger partial charge >= 0.3 is 6.09 Å². The second-order valence-corrected chi connectivity index (χ2v) is 14.1. The van der Waals surface area contributed by atoms with E-state index >= 15 is 0 Å². The van der Waals surface area contributed by atoms with Crippen molar-refractivity contribution < 1.29 is 46.7 Å². The van der Waals surface area contributed by atoms with Crippen LogP contribution in [0.25, 0.3) is 0 Å². The van der Waals surface area contributed by atoms with Crippen molar-refractivity contribution in [1.82, 2.24) is 9.62 Å². The third-order valence-corrected chi connectivity index (χ3v) is 10.0. The smallest absolute Gasteiger partial charge is 0.407 e. The maximum atomic E-state index is 13.9. The molecule has 1 amide bonds. The molecule has 3 aliphatic heterocycles. The minimum Gasteiger partial charge on any atom is -0.494 e. The van der Waals surface area contributed by atoms with Crippen molar-refractivity contribution in [1.29, 1.82) is 0 Å². The predicted molar refractivity (Wildman–Crippen MR) is 167 cm³/mol. The Bertz CT molecular complexity index is 1410. The van der Waals surface area contributed by atoms with Crippen molar-refractivity contribution in [2.45, 2.75) is 69.0 Å². The molecule has 3 heterocycles. The number of alkyl carbamates (subject to hydrolysis) is 1. The number of rotatable bonds is 16. The van der Waals surface area contributed by atoms with Crippen LogP contribution in [0.3, 0.4) is 0 Å². The van der Waals surface area contributed by atoms with Crippen LogP contribution in [-0.2, 0) is 30.7 Å². The summed E-state index contributed by atoms with van der Waals surface area (Å²) in [6, 6.07) is 10.9. The SMILES string of the molecule is CC(C)CN(C[C@@H](O)[C@H](Cc1ccc(OCCCCN)cc1)NC(=O)O[C@@H]1CO[C@H]2OCC[C@H]21)S(=O)(=O)c1ccc2c(c1)OCO2. The second kappa shape index (κ2) is 15.6. The Labute approximate surface area is 270 Å². The number of benzene rings is 2. The molecule has 0 unspecified atom stereocenters. The molecule has 14 heteroatoms. The Morgan fingerprint density at radius 1 is 1.09 bits per heavy atom. The fourth-order valence-electron chi connectivity index (χ4n) is 5.77. The number of unbranched alkanes of at least 4 members (excludes halogenated alkanes) is 1. The zero-order valence-corrected chi connectivity index (χ0v) is 27.2. The van der Waals surface area contributed by atoms with Gasteiger partial charge in [-0.05, 0) is 68.0 Å². The predicted octanol–water partition coefficient (Wildman–Crippen LogP) is 2.64. The van der Waals surface area contributed by atoms with Crippen molar-refractivity contribution >= 4 is 16.1 Å². The lowest BCUT2D eigenvalue weighted by Crippen LogP contribution is -2.51. The first-order chi connectivity index (χ1) is 22.1. The quantitative estimate of drug-likeness (QED) is 0.226. The first kappa shape index (κ1) is 34.2. The van der Waals surface area contributed by atoms with E-state index in [0.717, 1.165) is 24.8 Å². The maximum absolute atomic E-state index is 13.9. The zero-order valence-electron chi connectivity index (χ0n) is 26.3. The van der Waals surface area contributed by atoms with E-state index in [9.17, 15) is 18.3 Å². The number of hydrogen-bond acceptors (Lipinski definition) is 11. The normalized spacial score (nSPS) is 21.7. The van der Waals surface area contributed by atoms with Crippen LogP contribution in [0.1, 0.15) is 38.7 Å². The van der Waals surface area contributed by atoms with Gasteiger partial charge in [0.15, 0.2) is 17.8 Å².